The maximum absolute atomic E-state index is 8.85. The zero-order valence-corrected chi connectivity index (χ0v) is 6.99. The molecule has 0 amide bonds. The first-order chi connectivity index (χ1) is 5.77. The van der Waals surface area contributed by atoms with Gasteiger partial charge in [-0.2, -0.15) is 5.26 Å². The molecule has 2 nitrogen and oxygen atoms in total. The molecule has 0 aliphatic heterocycles. The topological polar surface area (TPSA) is 44.0 Å². The van der Waals surface area contributed by atoms with Crippen LogP contribution in [-0.2, 0) is 0 Å². The molecule has 0 bridgehead atoms. The first kappa shape index (κ1) is 8.76. The van der Waals surface area contributed by atoms with E-state index in [1.54, 1.807) is 12.1 Å². The normalized spacial score (nSPS) is 12.1. The van der Waals surface area contributed by atoms with Crippen molar-refractivity contribution in [3.05, 3.63) is 35.4 Å². The minimum absolute atomic E-state index is 0.145. The predicted molar refractivity (Wildman–Crippen MR) is 46.7 cm³/mol. The first-order valence-electron chi connectivity index (χ1n) is 3.89. The van der Waals surface area contributed by atoms with Gasteiger partial charge in [-0.15, -0.1) is 0 Å². The van der Waals surface area contributed by atoms with Crippen LogP contribution in [0, 0.1) is 11.3 Å². The highest BCUT2D eigenvalue weighted by atomic mass is 16.3. The Hall–Kier alpha value is -1.33. The van der Waals surface area contributed by atoms with Gasteiger partial charge in [-0.1, -0.05) is 19.1 Å². The third-order valence-electron chi connectivity index (χ3n) is 1.88. The quantitative estimate of drug-likeness (QED) is 0.716. The number of nitrogens with zero attached hydrogens (tertiary/aromatic N) is 1. The van der Waals surface area contributed by atoms with E-state index in [2.05, 4.69) is 0 Å². The van der Waals surface area contributed by atoms with Crippen LogP contribution in [0.4, 0.5) is 0 Å². The molecule has 62 valence electrons. The second-order valence-corrected chi connectivity index (χ2v) is 2.82. The Morgan fingerprint density at radius 2 is 2.00 bits per heavy atom. The second-order valence-electron chi connectivity index (χ2n) is 2.82. The highest BCUT2D eigenvalue weighted by Gasteiger charge is 2.02. The third kappa shape index (κ3) is 1.84. The molecular weight excluding hydrogens is 150 g/mol. The van der Waals surface area contributed by atoms with Crippen LogP contribution in [0.3, 0.4) is 0 Å². The first-order valence-corrected chi connectivity index (χ1v) is 3.89. The molecule has 1 aromatic carbocycles. The molecule has 12 heavy (non-hydrogen) atoms. The van der Waals surface area contributed by atoms with Crippen molar-refractivity contribution in [3.63, 3.8) is 0 Å². The Kier molecular flexibility index (Phi) is 2.84. The molecule has 1 N–H and O–H groups in total. The fourth-order valence-corrected chi connectivity index (χ4v) is 0.992. The minimum atomic E-state index is 0.145. The second kappa shape index (κ2) is 3.89. The summed E-state index contributed by atoms with van der Waals surface area (Å²) in [7, 11) is 0. The molecule has 1 aromatic rings. The van der Waals surface area contributed by atoms with Crippen LogP contribution in [0.1, 0.15) is 24.0 Å². The van der Waals surface area contributed by atoms with Gasteiger partial charge in [0.15, 0.2) is 0 Å². The Balaban J connectivity index is 2.86. The summed E-state index contributed by atoms with van der Waals surface area (Å²) in [5.74, 6) is 0.151. The standard InChI is InChI=1S/C10H11NO/c1-8(7-12)10-4-2-9(6-11)3-5-10/h2-5,8,12H,7H2,1H3/t8-/m0/s1. The molecule has 0 aromatic heterocycles. The lowest BCUT2D eigenvalue weighted by atomic mass is 10.0. The van der Waals surface area contributed by atoms with Gasteiger partial charge in [0, 0.05) is 12.5 Å². The van der Waals surface area contributed by atoms with Crippen molar-refractivity contribution in [2.24, 2.45) is 0 Å². The van der Waals surface area contributed by atoms with Gasteiger partial charge in [-0.25, -0.2) is 0 Å². The average molecular weight is 161 g/mol. The fraction of sp³-hybridized carbons (Fsp3) is 0.300. The molecule has 0 aliphatic rings. The highest BCUT2D eigenvalue weighted by Crippen LogP contribution is 2.14. The Morgan fingerprint density at radius 1 is 1.42 bits per heavy atom. The molecule has 0 unspecified atom stereocenters. The smallest absolute Gasteiger partial charge is 0.0991 e. The predicted octanol–water partition coefficient (Wildman–Crippen LogP) is 1.65. The summed E-state index contributed by atoms with van der Waals surface area (Å²) in [4.78, 5) is 0. The van der Waals surface area contributed by atoms with Crippen molar-refractivity contribution in [3.8, 4) is 6.07 Å². The highest BCUT2D eigenvalue weighted by molar-refractivity contribution is 5.32. The third-order valence-corrected chi connectivity index (χ3v) is 1.88. The molecule has 0 heterocycles. The van der Waals surface area contributed by atoms with Crippen molar-refractivity contribution in [1.82, 2.24) is 0 Å². The molecule has 0 fully saturated rings. The van der Waals surface area contributed by atoms with Gasteiger partial charge in [0.25, 0.3) is 0 Å². The Bertz CT molecular complexity index is 284. The Labute approximate surface area is 72.1 Å². The van der Waals surface area contributed by atoms with E-state index < -0.39 is 0 Å². The van der Waals surface area contributed by atoms with Gasteiger partial charge in [0.2, 0.25) is 0 Å². The van der Waals surface area contributed by atoms with Crippen LogP contribution in [-0.4, -0.2) is 11.7 Å². The van der Waals surface area contributed by atoms with Gasteiger partial charge in [0.1, 0.15) is 0 Å². The molecule has 0 aliphatic carbocycles. The molecule has 0 spiro atoms. The van der Waals surface area contributed by atoms with Crippen LogP contribution in [0.5, 0.6) is 0 Å². The molecule has 2 heteroatoms. The summed E-state index contributed by atoms with van der Waals surface area (Å²) < 4.78 is 0. The molecular formula is C10H11NO. The summed E-state index contributed by atoms with van der Waals surface area (Å²) >= 11 is 0. The number of aliphatic hydroxyl groups is 1. The van der Waals surface area contributed by atoms with E-state index in [0.29, 0.717) is 5.56 Å². The lowest BCUT2D eigenvalue weighted by Crippen LogP contribution is -1.98. The van der Waals surface area contributed by atoms with Crippen molar-refractivity contribution in [2.75, 3.05) is 6.61 Å². The number of benzene rings is 1. The maximum Gasteiger partial charge on any atom is 0.0991 e. The van der Waals surface area contributed by atoms with Gasteiger partial charge in [-0.05, 0) is 17.7 Å². The van der Waals surface area contributed by atoms with E-state index >= 15 is 0 Å². The average Bonchev–Trinajstić information content (AvgIpc) is 2.17. The van der Waals surface area contributed by atoms with Crippen LogP contribution < -0.4 is 0 Å². The van der Waals surface area contributed by atoms with E-state index in [0.717, 1.165) is 5.56 Å². The number of hydrogen-bond donors (Lipinski definition) is 1. The van der Waals surface area contributed by atoms with E-state index in [-0.39, 0.29) is 12.5 Å². The molecule has 0 saturated heterocycles. The summed E-state index contributed by atoms with van der Waals surface area (Å²) in [6.07, 6.45) is 0. The van der Waals surface area contributed by atoms with Gasteiger partial charge in [0.05, 0.1) is 11.6 Å². The number of rotatable bonds is 2. The lowest BCUT2D eigenvalue weighted by Gasteiger charge is -2.06. The van der Waals surface area contributed by atoms with E-state index in [1.165, 1.54) is 0 Å². The number of hydrogen-bond acceptors (Lipinski definition) is 2. The summed E-state index contributed by atoms with van der Waals surface area (Å²) in [6, 6.07) is 9.33. The summed E-state index contributed by atoms with van der Waals surface area (Å²) in [5.41, 5.74) is 1.72. The van der Waals surface area contributed by atoms with Gasteiger partial charge >= 0.3 is 0 Å². The van der Waals surface area contributed by atoms with Crippen molar-refractivity contribution >= 4 is 0 Å². The molecule has 1 atom stereocenters. The maximum atomic E-state index is 8.85. The molecule has 0 saturated carbocycles. The van der Waals surface area contributed by atoms with E-state index in [9.17, 15) is 0 Å². The Morgan fingerprint density at radius 3 is 2.42 bits per heavy atom. The van der Waals surface area contributed by atoms with Crippen molar-refractivity contribution in [2.45, 2.75) is 12.8 Å². The fourth-order valence-electron chi connectivity index (χ4n) is 0.992. The van der Waals surface area contributed by atoms with Crippen LogP contribution in [0.25, 0.3) is 0 Å². The van der Waals surface area contributed by atoms with Gasteiger partial charge < -0.3 is 5.11 Å². The van der Waals surface area contributed by atoms with Crippen LogP contribution >= 0.6 is 0 Å². The lowest BCUT2D eigenvalue weighted by molar-refractivity contribution is 0.273. The van der Waals surface area contributed by atoms with Gasteiger partial charge in [-0.3, -0.25) is 0 Å². The SMILES string of the molecule is C[C@@H](CO)c1ccc(C#N)cc1. The van der Waals surface area contributed by atoms with E-state index in [4.69, 9.17) is 10.4 Å². The van der Waals surface area contributed by atoms with Crippen LogP contribution in [0.15, 0.2) is 24.3 Å². The summed E-state index contributed by atoms with van der Waals surface area (Å²) in [6.45, 7) is 2.09. The number of nitriles is 1. The van der Waals surface area contributed by atoms with E-state index in [1.807, 2.05) is 25.1 Å². The number of aliphatic hydroxyl groups excluding tert-OH is 1. The zero-order chi connectivity index (χ0) is 8.97. The van der Waals surface area contributed by atoms with Crippen molar-refractivity contribution < 1.29 is 5.11 Å². The minimum Gasteiger partial charge on any atom is -0.396 e. The zero-order valence-electron chi connectivity index (χ0n) is 6.99. The molecule has 0 radical (unpaired) electrons. The molecule has 1 rings (SSSR count). The van der Waals surface area contributed by atoms with Crippen LogP contribution in [0.2, 0.25) is 0 Å². The monoisotopic (exact) mass is 161 g/mol. The largest absolute Gasteiger partial charge is 0.396 e. The van der Waals surface area contributed by atoms with Crippen molar-refractivity contribution in [1.29, 1.82) is 5.26 Å². The summed E-state index contributed by atoms with van der Waals surface area (Å²) in [5, 5.41) is 17.4.